The van der Waals surface area contributed by atoms with Gasteiger partial charge in [0.05, 0.1) is 5.52 Å². The van der Waals surface area contributed by atoms with Crippen molar-refractivity contribution in [3.05, 3.63) is 172 Å². The molecule has 0 fully saturated rings. The Balaban J connectivity index is 0.917. The van der Waals surface area contributed by atoms with Crippen LogP contribution >= 0.6 is 0 Å². The molecule has 2 heterocycles. The van der Waals surface area contributed by atoms with Crippen LogP contribution < -0.4 is 0 Å². The Kier molecular flexibility index (Phi) is 8.54. The van der Waals surface area contributed by atoms with E-state index in [-0.39, 0.29) is 5.41 Å². The highest BCUT2D eigenvalue weighted by Gasteiger charge is 2.48. The first-order chi connectivity index (χ1) is 27.1. The quantitative estimate of drug-likeness (QED) is 0.151. The van der Waals surface area contributed by atoms with Crippen molar-refractivity contribution in [2.45, 2.75) is 83.6 Å². The van der Waals surface area contributed by atoms with Crippen LogP contribution in [-0.2, 0) is 24.8 Å². The van der Waals surface area contributed by atoms with Gasteiger partial charge in [0.25, 0.3) is 0 Å². The second-order valence-electron chi connectivity index (χ2n) is 16.4. The number of aromatic nitrogens is 2. The van der Waals surface area contributed by atoms with Gasteiger partial charge in [-0.05, 0) is 139 Å². The Bertz CT molecular complexity index is 2590. The highest BCUT2D eigenvalue weighted by Crippen LogP contribution is 2.57. The average molecular weight is 717 g/mol. The zero-order valence-corrected chi connectivity index (χ0v) is 32.6. The fraction of sp³-hybridized carbons (Fsp3) is 0.283. The van der Waals surface area contributed by atoms with Gasteiger partial charge in [-0.15, -0.1) is 0 Å². The van der Waals surface area contributed by atoms with Crippen molar-refractivity contribution in [2.24, 2.45) is 11.8 Å². The number of rotatable bonds is 8. The van der Waals surface area contributed by atoms with Crippen LogP contribution in [0.15, 0.2) is 127 Å². The van der Waals surface area contributed by atoms with Gasteiger partial charge in [-0.1, -0.05) is 123 Å². The lowest BCUT2D eigenvalue weighted by Crippen LogP contribution is -2.31. The molecule has 0 bridgehead atoms. The molecule has 274 valence electrons. The molecule has 55 heavy (non-hydrogen) atoms. The molecule has 2 aromatic heterocycles. The van der Waals surface area contributed by atoms with Crippen molar-refractivity contribution in [1.82, 2.24) is 9.13 Å². The third kappa shape index (κ3) is 5.51. The Hall–Kier alpha value is -5.34. The summed E-state index contributed by atoms with van der Waals surface area (Å²) in [7, 11) is 0. The van der Waals surface area contributed by atoms with Crippen LogP contribution in [0.2, 0.25) is 0 Å². The second kappa shape index (κ2) is 13.7. The lowest BCUT2D eigenvalue weighted by Gasteiger charge is -2.36. The fourth-order valence-corrected chi connectivity index (χ4v) is 11.0. The predicted molar refractivity (Wildman–Crippen MR) is 236 cm³/mol. The van der Waals surface area contributed by atoms with Crippen molar-refractivity contribution in [3.8, 4) is 0 Å². The molecule has 5 aliphatic carbocycles. The van der Waals surface area contributed by atoms with Gasteiger partial charge in [0.1, 0.15) is 0 Å². The standard InChI is InChI=1S/C53H52N2/c1-4-53(5-2)47-34-38(22-20-36-26-30-50-45(32-36)43-16-10-12-18-49(43)54(50)6-3)24-28-41(47)42-29-25-39(35-48(42)53)23-21-37-27-31-52-46(33-37)44-17-11-13-19-51(44)55(52)40-14-8-7-9-15-40/h7-8,10,12-14,16,18-31,33-36,42,48H,4-6,9,11,15,17,32H2,1-3H3/b22-20+,23-21+. The van der Waals surface area contributed by atoms with Gasteiger partial charge >= 0.3 is 0 Å². The van der Waals surface area contributed by atoms with E-state index in [9.17, 15) is 0 Å². The zero-order valence-electron chi connectivity index (χ0n) is 32.6. The van der Waals surface area contributed by atoms with Crippen molar-refractivity contribution in [2.75, 3.05) is 0 Å². The van der Waals surface area contributed by atoms with Crippen molar-refractivity contribution >= 4 is 51.8 Å². The molecule has 0 N–H and O–H groups in total. The first-order valence-corrected chi connectivity index (χ1v) is 21.0. The van der Waals surface area contributed by atoms with E-state index in [1.165, 1.54) is 72.3 Å². The van der Waals surface area contributed by atoms with Crippen LogP contribution in [0.1, 0.15) is 104 Å². The number of fused-ring (bicyclic) bond motifs is 9. The van der Waals surface area contributed by atoms with Crippen LogP contribution in [0.3, 0.4) is 0 Å². The summed E-state index contributed by atoms with van der Waals surface area (Å²) in [5, 5.41) is 2.82. The molecule has 3 unspecified atom stereocenters. The Morgan fingerprint density at radius 1 is 0.745 bits per heavy atom. The SMILES string of the molecule is CCn1c2c(c3ccccc31)CC(/C=C/c1ccc3c(c1)C(CC)(CC)C1C=C(/C=C/c4ccc5c(c4)c4c(n5C5=CC=CCC5)C=CCC4)C=CC31)C=C2. The number of benzene rings is 3. The van der Waals surface area contributed by atoms with Crippen LogP contribution in [-0.4, -0.2) is 9.13 Å². The monoisotopic (exact) mass is 716 g/mol. The van der Waals surface area contributed by atoms with Crippen molar-refractivity contribution in [1.29, 1.82) is 0 Å². The highest BCUT2D eigenvalue weighted by atomic mass is 15.0. The van der Waals surface area contributed by atoms with Gasteiger partial charge in [0.2, 0.25) is 0 Å². The minimum atomic E-state index is 0.132. The molecule has 5 aromatic rings. The summed E-state index contributed by atoms with van der Waals surface area (Å²) in [4.78, 5) is 0. The highest BCUT2D eigenvalue weighted by molar-refractivity contribution is 5.94. The van der Waals surface area contributed by atoms with E-state index in [0.717, 1.165) is 51.5 Å². The summed E-state index contributed by atoms with van der Waals surface area (Å²) in [5.41, 5.74) is 17.0. The maximum Gasteiger partial charge on any atom is 0.0534 e. The molecule has 0 aliphatic heterocycles. The molecule has 10 rings (SSSR count). The van der Waals surface area contributed by atoms with Gasteiger partial charge in [-0.2, -0.15) is 0 Å². The third-order valence-corrected chi connectivity index (χ3v) is 13.8. The number of hydrogen-bond acceptors (Lipinski definition) is 0. The minimum absolute atomic E-state index is 0.132. The predicted octanol–water partition coefficient (Wildman–Crippen LogP) is 13.6. The molecule has 3 aromatic carbocycles. The largest absolute Gasteiger partial charge is 0.341 e. The minimum Gasteiger partial charge on any atom is -0.341 e. The van der Waals surface area contributed by atoms with Gasteiger partial charge in [0.15, 0.2) is 0 Å². The summed E-state index contributed by atoms with van der Waals surface area (Å²) in [6, 6.07) is 23.4. The van der Waals surface area contributed by atoms with E-state index in [1.54, 1.807) is 5.56 Å². The first-order valence-electron chi connectivity index (χ1n) is 21.0. The molecule has 2 heteroatoms. The Labute approximate surface area is 327 Å². The molecule has 2 nitrogen and oxygen atoms in total. The fourth-order valence-electron chi connectivity index (χ4n) is 11.0. The van der Waals surface area contributed by atoms with E-state index in [2.05, 4.69) is 176 Å². The van der Waals surface area contributed by atoms with E-state index in [0.29, 0.717) is 17.8 Å². The smallest absolute Gasteiger partial charge is 0.0534 e. The lowest BCUT2D eigenvalue weighted by atomic mass is 9.67. The van der Waals surface area contributed by atoms with Crippen molar-refractivity contribution in [3.63, 3.8) is 0 Å². The van der Waals surface area contributed by atoms with E-state index >= 15 is 0 Å². The Morgan fingerprint density at radius 2 is 1.60 bits per heavy atom. The summed E-state index contributed by atoms with van der Waals surface area (Å²) in [5.74, 6) is 1.29. The van der Waals surface area contributed by atoms with Crippen LogP contribution in [0, 0.1) is 11.8 Å². The maximum absolute atomic E-state index is 2.60. The zero-order chi connectivity index (χ0) is 37.1. The molecular weight excluding hydrogens is 665 g/mol. The molecule has 0 saturated heterocycles. The topological polar surface area (TPSA) is 9.86 Å². The molecule has 0 radical (unpaired) electrons. The Morgan fingerprint density at radius 3 is 2.45 bits per heavy atom. The maximum atomic E-state index is 2.60. The molecular formula is C53H52N2. The van der Waals surface area contributed by atoms with Crippen molar-refractivity contribution < 1.29 is 0 Å². The first kappa shape index (κ1) is 34.2. The van der Waals surface area contributed by atoms with Gasteiger partial charge in [0, 0.05) is 51.3 Å². The average Bonchev–Trinajstić information content (AvgIpc) is 3.85. The summed E-state index contributed by atoms with van der Waals surface area (Å²) < 4.78 is 4.99. The summed E-state index contributed by atoms with van der Waals surface area (Å²) in [6.45, 7) is 8.07. The summed E-state index contributed by atoms with van der Waals surface area (Å²) in [6.07, 6.45) is 41.0. The summed E-state index contributed by atoms with van der Waals surface area (Å²) >= 11 is 0. The van der Waals surface area contributed by atoms with Crippen LogP contribution in [0.5, 0.6) is 0 Å². The number of hydrogen-bond donors (Lipinski definition) is 0. The lowest BCUT2D eigenvalue weighted by molar-refractivity contribution is 0.304. The molecule has 0 spiro atoms. The van der Waals surface area contributed by atoms with E-state index in [1.807, 2.05) is 0 Å². The van der Waals surface area contributed by atoms with Gasteiger partial charge in [-0.3, -0.25) is 0 Å². The number of aryl methyl sites for hydroxylation is 2. The van der Waals surface area contributed by atoms with Gasteiger partial charge in [-0.25, -0.2) is 0 Å². The van der Waals surface area contributed by atoms with Gasteiger partial charge < -0.3 is 9.13 Å². The molecule has 0 saturated carbocycles. The normalized spacial score (nSPS) is 22.1. The van der Waals surface area contributed by atoms with E-state index < -0.39 is 0 Å². The second-order valence-corrected chi connectivity index (χ2v) is 16.4. The van der Waals surface area contributed by atoms with Crippen LogP contribution in [0.25, 0.3) is 51.8 Å². The molecule has 0 amide bonds. The molecule has 5 aliphatic rings. The van der Waals surface area contributed by atoms with E-state index in [4.69, 9.17) is 0 Å². The number of para-hydroxylation sites is 1. The number of nitrogens with zero attached hydrogens (tertiary/aromatic N) is 2. The molecule has 3 atom stereocenters. The third-order valence-electron chi connectivity index (χ3n) is 13.8. The van der Waals surface area contributed by atoms with Crippen LogP contribution in [0.4, 0.5) is 0 Å². The number of allylic oxidation sites excluding steroid dienone is 12.